The van der Waals surface area contributed by atoms with Gasteiger partial charge in [-0.2, -0.15) is 0 Å². The molecule has 27 heavy (non-hydrogen) atoms. The molecule has 1 amide bonds. The first-order chi connectivity index (χ1) is 12.9. The van der Waals surface area contributed by atoms with Gasteiger partial charge in [0, 0.05) is 23.8 Å². The number of nitrogens with zero attached hydrogens (tertiary/aromatic N) is 1. The van der Waals surface area contributed by atoms with Crippen molar-refractivity contribution in [2.45, 2.75) is 19.4 Å². The maximum Gasteiger partial charge on any atom is 0.257 e. The minimum Gasteiger partial charge on any atom is -0.386 e. The number of carbonyl (C=O) groups excluding carboxylic acids is 1. The van der Waals surface area contributed by atoms with Gasteiger partial charge in [-0.1, -0.05) is 6.07 Å². The molecule has 0 fully saturated rings. The first-order valence-corrected chi connectivity index (χ1v) is 8.66. The average Bonchev–Trinajstić information content (AvgIpc) is 2.76. The molecule has 136 valence electrons. The smallest absolute Gasteiger partial charge is 0.257 e. The van der Waals surface area contributed by atoms with Gasteiger partial charge in [0.2, 0.25) is 0 Å². The van der Waals surface area contributed by atoms with Gasteiger partial charge in [0.1, 0.15) is 0 Å². The highest BCUT2D eigenvalue weighted by Gasteiger charge is 2.22. The third kappa shape index (κ3) is 3.47. The summed E-state index contributed by atoms with van der Waals surface area (Å²) in [7, 11) is 0. The van der Waals surface area contributed by atoms with Crippen LogP contribution in [-0.4, -0.2) is 16.0 Å². The van der Waals surface area contributed by atoms with E-state index in [9.17, 15) is 9.90 Å². The van der Waals surface area contributed by atoms with Gasteiger partial charge in [-0.3, -0.25) is 9.78 Å². The molecule has 0 aliphatic carbocycles. The molecule has 4 N–H and O–H groups in total. The van der Waals surface area contributed by atoms with E-state index in [-0.39, 0.29) is 5.91 Å². The predicted octanol–water partition coefficient (Wildman–Crippen LogP) is 4.36. The van der Waals surface area contributed by atoms with E-state index in [1.54, 1.807) is 38.4 Å². The van der Waals surface area contributed by atoms with Crippen LogP contribution in [0.1, 0.15) is 29.8 Å². The Hall–Kier alpha value is -3.38. The third-order valence-corrected chi connectivity index (χ3v) is 4.48. The summed E-state index contributed by atoms with van der Waals surface area (Å²) < 4.78 is 0. The zero-order valence-corrected chi connectivity index (χ0v) is 15.1. The first-order valence-electron chi connectivity index (χ1n) is 8.66. The topological polar surface area (TPSA) is 86.3 Å². The molecule has 2 heterocycles. The van der Waals surface area contributed by atoms with E-state index in [0.29, 0.717) is 16.9 Å². The second kappa shape index (κ2) is 6.41. The number of aliphatic hydroxyl groups is 1. The van der Waals surface area contributed by atoms with Crippen molar-refractivity contribution in [3.63, 3.8) is 0 Å². The second-order valence-corrected chi connectivity index (χ2v) is 7.02. The van der Waals surface area contributed by atoms with Crippen LogP contribution in [0.5, 0.6) is 0 Å². The molecule has 0 saturated heterocycles. The molecule has 0 spiro atoms. The molecular weight excluding hydrogens is 340 g/mol. The van der Waals surface area contributed by atoms with Crippen molar-refractivity contribution in [1.82, 2.24) is 4.98 Å². The van der Waals surface area contributed by atoms with E-state index in [1.165, 1.54) is 0 Å². The number of hydrogen-bond acceptors (Lipinski definition) is 5. The lowest BCUT2D eigenvalue weighted by atomic mass is 9.97. The highest BCUT2D eigenvalue weighted by Crippen LogP contribution is 2.36. The molecular formula is C21H20N4O2. The number of nitrogens with one attached hydrogen (secondary N) is 3. The number of anilines is 5. The first kappa shape index (κ1) is 17.1. The van der Waals surface area contributed by atoms with Crippen LogP contribution < -0.4 is 16.0 Å². The molecule has 6 nitrogen and oxygen atoms in total. The number of amides is 1. The summed E-state index contributed by atoms with van der Waals surface area (Å²) in [4.78, 5) is 16.7. The van der Waals surface area contributed by atoms with Crippen molar-refractivity contribution in [1.29, 1.82) is 0 Å². The zero-order chi connectivity index (χ0) is 19.0. The molecule has 3 aromatic rings. The molecule has 4 rings (SSSR count). The van der Waals surface area contributed by atoms with Gasteiger partial charge in [0.15, 0.2) is 0 Å². The van der Waals surface area contributed by atoms with Crippen LogP contribution in [0, 0.1) is 0 Å². The predicted molar refractivity (Wildman–Crippen MR) is 107 cm³/mol. The summed E-state index contributed by atoms with van der Waals surface area (Å²) in [5.41, 5.74) is 4.19. The van der Waals surface area contributed by atoms with Crippen molar-refractivity contribution in [2.24, 2.45) is 0 Å². The maximum absolute atomic E-state index is 12.7. The second-order valence-electron chi connectivity index (χ2n) is 7.02. The lowest BCUT2D eigenvalue weighted by Crippen LogP contribution is -2.16. The lowest BCUT2D eigenvalue weighted by molar-refractivity contribution is 0.0786. The maximum atomic E-state index is 12.7. The van der Waals surface area contributed by atoms with Gasteiger partial charge in [0.05, 0.1) is 28.2 Å². The number of aromatic nitrogens is 1. The van der Waals surface area contributed by atoms with Crippen LogP contribution in [-0.2, 0) is 5.60 Å². The summed E-state index contributed by atoms with van der Waals surface area (Å²) in [6.45, 7) is 3.43. The Balaban J connectivity index is 1.69. The largest absolute Gasteiger partial charge is 0.386 e. The summed E-state index contributed by atoms with van der Waals surface area (Å²) in [6, 6.07) is 14.8. The quantitative estimate of drug-likeness (QED) is 0.557. The van der Waals surface area contributed by atoms with Crippen LogP contribution in [0.4, 0.5) is 28.4 Å². The molecule has 0 atom stereocenters. The van der Waals surface area contributed by atoms with Crippen molar-refractivity contribution in [3.8, 4) is 0 Å². The van der Waals surface area contributed by atoms with Crippen molar-refractivity contribution in [3.05, 3.63) is 72.1 Å². The van der Waals surface area contributed by atoms with Crippen LogP contribution in [0.3, 0.4) is 0 Å². The average molecular weight is 360 g/mol. The molecule has 2 aromatic carbocycles. The fourth-order valence-corrected chi connectivity index (χ4v) is 3.00. The van der Waals surface area contributed by atoms with Gasteiger partial charge in [-0.15, -0.1) is 0 Å². The van der Waals surface area contributed by atoms with Crippen LogP contribution in [0.25, 0.3) is 0 Å². The molecule has 6 heteroatoms. The zero-order valence-electron chi connectivity index (χ0n) is 15.1. The normalized spacial score (nSPS) is 12.9. The standard InChI is InChI=1S/C21H20N4O2/c1-21(2,27)13-3-6-17-19(11-13)25-20(26)16-5-4-15(12-18(16)24-17)23-14-7-9-22-10-8-14/h3-12,24,27H,1-2H3,(H,22,23)(H,25,26). The molecule has 1 aliphatic rings. The minimum atomic E-state index is -0.986. The number of rotatable bonds is 3. The summed E-state index contributed by atoms with van der Waals surface area (Å²) in [5, 5.41) is 19.8. The molecule has 0 bridgehead atoms. The Morgan fingerprint density at radius 1 is 0.889 bits per heavy atom. The number of hydrogen-bond donors (Lipinski definition) is 4. The Labute approximate surface area is 157 Å². The van der Waals surface area contributed by atoms with Crippen molar-refractivity contribution in [2.75, 3.05) is 16.0 Å². The van der Waals surface area contributed by atoms with E-state index in [1.807, 2.05) is 36.4 Å². The van der Waals surface area contributed by atoms with Gasteiger partial charge in [-0.25, -0.2) is 0 Å². The third-order valence-electron chi connectivity index (χ3n) is 4.48. The fourth-order valence-electron chi connectivity index (χ4n) is 3.00. The summed E-state index contributed by atoms with van der Waals surface area (Å²) >= 11 is 0. The minimum absolute atomic E-state index is 0.195. The van der Waals surface area contributed by atoms with Gasteiger partial charge >= 0.3 is 0 Å². The van der Waals surface area contributed by atoms with Crippen LogP contribution in [0.15, 0.2) is 60.9 Å². The highest BCUT2D eigenvalue weighted by atomic mass is 16.3. The van der Waals surface area contributed by atoms with Gasteiger partial charge in [0.25, 0.3) is 5.91 Å². The SMILES string of the molecule is CC(C)(O)c1ccc2c(c1)NC(=O)c1ccc(Nc3ccncc3)cc1N2. The van der Waals surface area contributed by atoms with Crippen molar-refractivity contribution < 1.29 is 9.90 Å². The van der Waals surface area contributed by atoms with Gasteiger partial charge < -0.3 is 21.1 Å². The van der Waals surface area contributed by atoms with Gasteiger partial charge in [-0.05, 0) is 61.9 Å². The number of pyridine rings is 1. The van der Waals surface area contributed by atoms with E-state index in [0.717, 1.165) is 22.6 Å². The van der Waals surface area contributed by atoms with E-state index in [4.69, 9.17) is 0 Å². The Kier molecular flexibility index (Phi) is 4.05. The summed E-state index contributed by atoms with van der Waals surface area (Å²) in [5.74, 6) is -0.195. The monoisotopic (exact) mass is 360 g/mol. The van der Waals surface area contributed by atoms with Crippen LogP contribution in [0.2, 0.25) is 0 Å². The van der Waals surface area contributed by atoms with E-state index < -0.39 is 5.60 Å². The van der Waals surface area contributed by atoms with E-state index >= 15 is 0 Å². The van der Waals surface area contributed by atoms with E-state index in [2.05, 4.69) is 20.9 Å². The van der Waals surface area contributed by atoms with Crippen molar-refractivity contribution >= 4 is 34.3 Å². The Bertz CT molecular complexity index is 1010. The molecule has 0 unspecified atom stereocenters. The highest BCUT2D eigenvalue weighted by molar-refractivity contribution is 6.12. The molecule has 1 aromatic heterocycles. The van der Waals surface area contributed by atoms with Crippen LogP contribution >= 0.6 is 0 Å². The Morgan fingerprint density at radius 3 is 2.41 bits per heavy atom. The Morgan fingerprint density at radius 2 is 1.67 bits per heavy atom. The number of fused-ring (bicyclic) bond motifs is 2. The molecule has 1 aliphatic heterocycles. The number of benzene rings is 2. The molecule has 0 saturated carbocycles. The number of carbonyl (C=O) groups is 1. The summed E-state index contributed by atoms with van der Waals surface area (Å²) in [6.07, 6.45) is 3.43. The lowest BCUT2D eigenvalue weighted by Gasteiger charge is -2.20. The molecule has 0 radical (unpaired) electrons. The fraction of sp³-hybridized carbons (Fsp3) is 0.143.